The van der Waals surface area contributed by atoms with Gasteiger partial charge in [0, 0.05) is 18.6 Å². The molecule has 5 nitrogen and oxygen atoms in total. The van der Waals surface area contributed by atoms with Gasteiger partial charge < -0.3 is 5.32 Å². The Bertz CT molecular complexity index is 609. The van der Waals surface area contributed by atoms with E-state index in [1.807, 2.05) is 42.5 Å². The van der Waals surface area contributed by atoms with Crippen LogP contribution in [0.1, 0.15) is 10.4 Å². The number of nitrogens with zero attached hydrogens (tertiary/aromatic N) is 2. The van der Waals surface area contributed by atoms with Gasteiger partial charge in [0.1, 0.15) is 5.82 Å². The summed E-state index contributed by atoms with van der Waals surface area (Å²) in [6.07, 6.45) is 14.5. The van der Waals surface area contributed by atoms with Gasteiger partial charge in [0.15, 0.2) is 0 Å². The highest BCUT2D eigenvalue weighted by molar-refractivity contribution is 5.95. The molecule has 1 aromatic heterocycles. The Kier molecular flexibility index (Phi) is 4.61. The number of hydrogen-bond donors (Lipinski definition) is 2. The quantitative estimate of drug-likeness (QED) is 0.649. The highest BCUT2D eigenvalue weighted by Crippen LogP contribution is 2.06. The molecule has 1 aliphatic rings. The zero-order chi connectivity index (χ0) is 14.2. The molecule has 20 heavy (non-hydrogen) atoms. The van der Waals surface area contributed by atoms with Gasteiger partial charge in [-0.1, -0.05) is 30.4 Å². The summed E-state index contributed by atoms with van der Waals surface area (Å²) < 4.78 is 0. The second-order valence-corrected chi connectivity index (χ2v) is 3.91. The van der Waals surface area contributed by atoms with Crippen molar-refractivity contribution < 1.29 is 4.79 Å². The molecular weight excluding hydrogens is 252 g/mol. The van der Waals surface area contributed by atoms with Crippen molar-refractivity contribution in [1.82, 2.24) is 10.3 Å². The first-order valence-electron chi connectivity index (χ1n) is 6.00. The van der Waals surface area contributed by atoms with E-state index in [0.29, 0.717) is 17.1 Å². The van der Waals surface area contributed by atoms with Crippen LogP contribution >= 0.6 is 0 Å². The van der Waals surface area contributed by atoms with Crippen LogP contribution < -0.4 is 10.7 Å². The van der Waals surface area contributed by atoms with Crippen LogP contribution in [0.4, 0.5) is 5.82 Å². The van der Waals surface area contributed by atoms with E-state index in [-0.39, 0.29) is 5.91 Å². The minimum atomic E-state index is -0.218. The van der Waals surface area contributed by atoms with Crippen molar-refractivity contribution in [3.8, 4) is 0 Å². The third kappa shape index (κ3) is 3.78. The van der Waals surface area contributed by atoms with Gasteiger partial charge in [0.2, 0.25) is 0 Å². The maximum absolute atomic E-state index is 12.1. The van der Waals surface area contributed by atoms with E-state index in [9.17, 15) is 4.79 Å². The molecule has 2 rings (SSSR count). The highest BCUT2D eigenvalue weighted by atomic mass is 16.1. The molecular formula is C15H14N4O. The Morgan fingerprint density at radius 3 is 2.70 bits per heavy atom. The van der Waals surface area contributed by atoms with Crippen molar-refractivity contribution in [3.05, 3.63) is 72.1 Å². The molecule has 0 unspecified atom stereocenters. The van der Waals surface area contributed by atoms with Crippen molar-refractivity contribution in [2.75, 3.05) is 5.43 Å². The standard InChI is InChI=1S/C15H14N4O/c1-16-19-14-10-9-12(11-17-14)15(20)18-13-7-5-3-2-4-6-8-13/h2-11H,1H2,(H,17,19)(H,18,20)/b3-2-,4-2?,5-3?,6-4+,7-5+,8-6?,13-7?,13-8+. The molecule has 0 spiro atoms. The number of carbonyl (C=O) groups excluding carboxylic acids is 1. The van der Waals surface area contributed by atoms with E-state index in [2.05, 4.69) is 27.5 Å². The number of anilines is 1. The molecule has 0 saturated carbocycles. The summed E-state index contributed by atoms with van der Waals surface area (Å²) in [6, 6.07) is 3.33. The van der Waals surface area contributed by atoms with Crippen LogP contribution in [0, 0.1) is 0 Å². The molecule has 0 atom stereocenters. The first-order valence-corrected chi connectivity index (χ1v) is 6.00. The average molecular weight is 266 g/mol. The van der Waals surface area contributed by atoms with Crippen molar-refractivity contribution in [2.24, 2.45) is 5.10 Å². The minimum Gasteiger partial charge on any atom is -0.322 e. The van der Waals surface area contributed by atoms with Crippen LogP contribution in [0.3, 0.4) is 0 Å². The van der Waals surface area contributed by atoms with Crippen molar-refractivity contribution in [1.29, 1.82) is 0 Å². The number of nitrogens with one attached hydrogen (secondary N) is 2. The van der Waals surface area contributed by atoms with E-state index in [1.165, 1.54) is 6.20 Å². The van der Waals surface area contributed by atoms with Crippen LogP contribution in [0.5, 0.6) is 0 Å². The molecule has 1 aromatic rings. The van der Waals surface area contributed by atoms with E-state index in [4.69, 9.17) is 0 Å². The lowest BCUT2D eigenvalue weighted by Gasteiger charge is -2.06. The van der Waals surface area contributed by atoms with Crippen molar-refractivity contribution >= 4 is 18.4 Å². The fraction of sp³-hybridized carbons (Fsp3) is 0. The van der Waals surface area contributed by atoms with Gasteiger partial charge in [-0.3, -0.25) is 10.2 Å². The van der Waals surface area contributed by atoms with Crippen molar-refractivity contribution in [2.45, 2.75) is 0 Å². The number of hydrazone groups is 1. The van der Waals surface area contributed by atoms with E-state index in [1.54, 1.807) is 12.1 Å². The Hall–Kier alpha value is -2.95. The van der Waals surface area contributed by atoms with E-state index < -0.39 is 0 Å². The first-order chi connectivity index (χ1) is 9.79. The molecule has 2 N–H and O–H groups in total. The van der Waals surface area contributed by atoms with Gasteiger partial charge in [0.25, 0.3) is 5.91 Å². The first kappa shape index (κ1) is 13.5. The summed E-state index contributed by atoms with van der Waals surface area (Å²) in [4.78, 5) is 16.1. The fourth-order valence-electron chi connectivity index (χ4n) is 1.53. The largest absolute Gasteiger partial charge is 0.322 e. The van der Waals surface area contributed by atoms with Gasteiger partial charge in [0.05, 0.1) is 5.56 Å². The molecule has 0 aliphatic heterocycles. The van der Waals surface area contributed by atoms with Gasteiger partial charge in [-0.15, -0.1) is 0 Å². The van der Waals surface area contributed by atoms with Crippen LogP contribution in [0.25, 0.3) is 0 Å². The van der Waals surface area contributed by atoms with Crippen LogP contribution in [0.2, 0.25) is 0 Å². The number of rotatable bonds is 4. The summed E-state index contributed by atoms with van der Waals surface area (Å²) in [5, 5.41) is 6.31. The van der Waals surface area contributed by atoms with Crippen molar-refractivity contribution in [3.63, 3.8) is 0 Å². The summed E-state index contributed by atoms with van der Waals surface area (Å²) in [5.74, 6) is 0.319. The molecule has 100 valence electrons. The van der Waals surface area contributed by atoms with Gasteiger partial charge in [-0.05, 0) is 24.3 Å². The number of aromatic nitrogens is 1. The molecule has 5 heteroatoms. The van der Waals surface area contributed by atoms with Gasteiger partial charge in [-0.25, -0.2) is 4.98 Å². The summed E-state index contributed by atoms with van der Waals surface area (Å²) >= 11 is 0. The normalized spacial score (nSPS) is 20.5. The Balaban J connectivity index is 2.06. The van der Waals surface area contributed by atoms with E-state index >= 15 is 0 Å². The van der Waals surface area contributed by atoms with Crippen LogP contribution in [-0.4, -0.2) is 17.6 Å². The minimum absolute atomic E-state index is 0.218. The van der Waals surface area contributed by atoms with Gasteiger partial charge in [-0.2, -0.15) is 5.10 Å². The fourth-order valence-corrected chi connectivity index (χ4v) is 1.53. The van der Waals surface area contributed by atoms with Crippen LogP contribution in [0.15, 0.2) is 71.7 Å². The lowest BCUT2D eigenvalue weighted by molar-refractivity contribution is 0.0967. The monoisotopic (exact) mass is 266 g/mol. The predicted octanol–water partition coefficient (Wildman–Crippen LogP) is 2.41. The number of hydrogen-bond acceptors (Lipinski definition) is 4. The zero-order valence-corrected chi connectivity index (χ0v) is 10.8. The zero-order valence-electron chi connectivity index (χ0n) is 10.8. The lowest BCUT2D eigenvalue weighted by atomic mass is 10.2. The number of carbonyl (C=O) groups is 1. The molecule has 0 aromatic carbocycles. The Morgan fingerprint density at radius 2 is 1.95 bits per heavy atom. The average Bonchev–Trinajstić information content (AvgIpc) is 2.43. The maximum Gasteiger partial charge on any atom is 0.257 e. The number of pyridine rings is 1. The molecule has 0 bridgehead atoms. The predicted molar refractivity (Wildman–Crippen MR) is 80.4 cm³/mol. The molecule has 1 heterocycles. The maximum atomic E-state index is 12.1. The second-order valence-electron chi connectivity index (χ2n) is 3.91. The number of allylic oxidation sites excluding steroid dienone is 7. The third-order valence-electron chi connectivity index (χ3n) is 2.47. The SMILES string of the molecule is C=NNc1ccc(C(=O)NC2=C/C=C/C=C\C=C\2)cn1. The summed E-state index contributed by atoms with van der Waals surface area (Å²) in [5.41, 5.74) is 3.78. The summed E-state index contributed by atoms with van der Waals surface area (Å²) in [6.45, 7) is 3.30. The topological polar surface area (TPSA) is 66.4 Å². The van der Waals surface area contributed by atoms with Gasteiger partial charge >= 0.3 is 0 Å². The molecule has 1 amide bonds. The Morgan fingerprint density at radius 1 is 1.15 bits per heavy atom. The van der Waals surface area contributed by atoms with Crippen LogP contribution in [-0.2, 0) is 0 Å². The highest BCUT2D eigenvalue weighted by Gasteiger charge is 2.06. The van der Waals surface area contributed by atoms with E-state index in [0.717, 1.165) is 0 Å². The molecule has 0 fully saturated rings. The third-order valence-corrected chi connectivity index (χ3v) is 2.47. The second kappa shape index (κ2) is 6.84. The Labute approximate surface area is 117 Å². The molecule has 0 radical (unpaired) electrons. The molecule has 1 aliphatic carbocycles. The number of amides is 1. The smallest absolute Gasteiger partial charge is 0.257 e. The summed E-state index contributed by atoms with van der Waals surface area (Å²) in [7, 11) is 0. The lowest BCUT2D eigenvalue weighted by Crippen LogP contribution is -2.22. The molecule has 0 saturated heterocycles.